The standard InChI is InChI=1S/C16H21N3O3/c1-12(20)17-6-8-18(9-7-17)13-10-19(11-13)16(22)14-4-2-3-5-15(14)21/h2-5,13,21H,6-11H2,1H3. The Kier molecular flexibility index (Phi) is 4.02. The predicted molar refractivity (Wildman–Crippen MR) is 81.6 cm³/mol. The minimum Gasteiger partial charge on any atom is -0.507 e. The van der Waals surface area contributed by atoms with Crippen LogP contribution < -0.4 is 0 Å². The fraction of sp³-hybridized carbons (Fsp3) is 0.500. The molecule has 3 rings (SSSR count). The minimum absolute atomic E-state index is 0.0334. The van der Waals surface area contributed by atoms with E-state index < -0.39 is 0 Å². The lowest BCUT2D eigenvalue weighted by atomic mass is 10.0. The molecule has 0 unspecified atom stereocenters. The van der Waals surface area contributed by atoms with Crippen molar-refractivity contribution in [2.24, 2.45) is 0 Å². The summed E-state index contributed by atoms with van der Waals surface area (Å²) in [4.78, 5) is 29.6. The highest BCUT2D eigenvalue weighted by atomic mass is 16.3. The molecule has 6 heteroatoms. The third kappa shape index (κ3) is 2.78. The summed E-state index contributed by atoms with van der Waals surface area (Å²) >= 11 is 0. The average molecular weight is 303 g/mol. The molecular formula is C16H21N3O3. The molecule has 0 aliphatic carbocycles. The quantitative estimate of drug-likeness (QED) is 0.858. The lowest BCUT2D eigenvalue weighted by molar-refractivity contribution is -0.131. The van der Waals surface area contributed by atoms with Crippen LogP contribution in [0, 0.1) is 0 Å². The number of para-hydroxylation sites is 1. The van der Waals surface area contributed by atoms with Gasteiger partial charge < -0.3 is 14.9 Å². The predicted octanol–water partition coefficient (Wildman–Crippen LogP) is 0.381. The average Bonchev–Trinajstić information content (AvgIpc) is 2.46. The molecule has 0 bridgehead atoms. The Bertz CT molecular complexity index is 576. The number of amides is 2. The molecule has 2 aliphatic rings. The van der Waals surface area contributed by atoms with Crippen molar-refractivity contribution < 1.29 is 14.7 Å². The molecule has 1 N–H and O–H groups in total. The van der Waals surface area contributed by atoms with Gasteiger partial charge in [0.05, 0.1) is 5.56 Å². The zero-order valence-electron chi connectivity index (χ0n) is 12.7. The van der Waals surface area contributed by atoms with Gasteiger partial charge in [-0.3, -0.25) is 14.5 Å². The lowest BCUT2D eigenvalue weighted by Crippen LogP contribution is -2.64. The molecule has 0 radical (unpaired) electrons. The molecule has 0 spiro atoms. The molecular weight excluding hydrogens is 282 g/mol. The van der Waals surface area contributed by atoms with E-state index in [1.807, 2.05) is 4.90 Å². The number of carbonyl (C=O) groups is 2. The molecule has 0 aromatic heterocycles. The van der Waals surface area contributed by atoms with Gasteiger partial charge in [0.25, 0.3) is 5.91 Å². The Labute approximate surface area is 129 Å². The topological polar surface area (TPSA) is 64.1 Å². The summed E-state index contributed by atoms with van der Waals surface area (Å²) in [5, 5.41) is 9.75. The van der Waals surface area contributed by atoms with Crippen LogP contribution in [0.1, 0.15) is 17.3 Å². The number of benzene rings is 1. The molecule has 2 fully saturated rings. The first-order valence-corrected chi connectivity index (χ1v) is 7.63. The maximum Gasteiger partial charge on any atom is 0.257 e. The summed E-state index contributed by atoms with van der Waals surface area (Å²) in [6, 6.07) is 7.01. The summed E-state index contributed by atoms with van der Waals surface area (Å²) in [6.07, 6.45) is 0. The zero-order valence-corrected chi connectivity index (χ0v) is 12.7. The normalized spacial score (nSPS) is 19.9. The third-order valence-electron chi connectivity index (χ3n) is 4.56. The fourth-order valence-electron chi connectivity index (χ4n) is 3.08. The van der Waals surface area contributed by atoms with Crippen molar-refractivity contribution in [3.8, 4) is 5.75 Å². The minimum atomic E-state index is -0.114. The smallest absolute Gasteiger partial charge is 0.257 e. The third-order valence-corrected chi connectivity index (χ3v) is 4.56. The highest BCUT2D eigenvalue weighted by Gasteiger charge is 2.37. The monoisotopic (exact) mass is 303 g/mol. The molecule has 2 amide bonds. The van der Waals surface area contributed by atoms with Gasteiger partial charge in [-0.1, -0.05) is 12.1 Å². The second-order valence-electron chi connectivity index (χ2n) is 5.92. The van der Waals surface area contributed by atoms with Gasteiger partial charge in [-0.2, -0.15) is 0 Å². The van der Waals surface area contributed by atoms with Crippen LogP contribution in [0.25, 0.3) is 0 Å². The van der Waals surface area contributed by atoms with E-state index >= 15 is 0 Å². The fourth-order valence-corrected chi connectivity index (χ4v) is 3.08. The number of hydrogen-bond donors (Lipinski definition) is 1. The number of phenolic OH excluding ortho intramolecular Hbond substituents is 1. The molecule has 0 atom stereocenters. The number of likely N-dealkylation sites (tertiary alicyclic amines) is 1. The van der Waals surface area contributed by atoms with Crippen LogP contribution in [0.3, 0.4) is 0 Å². The van der Waals surface area contributed by atoms with Crippen LogP contribution in [-0.4, -0.2) is 76.9 Å². The van der Waals surface area contributed by atoms with Crippen LogP contribution in [0.2, 0.25) is 0 Å². The molecule has 1 aromatic carbocycles. The molecule has 118 valence electrons. The number of aromatic hydroxyl groups is 1. The van der Waals surface area contributed by atoms with Crippen molar-refractivity contribution in [3.63, 3.8) is 0 Å². The molecule has 2 saturated heterocycles. The van der Waals surface area contributed by atoms with Gasteiger partial charge in [0, 0.05) is 52.2 Å². The van der Waals surface area contributed by atoms with E-state index in [-0.39, 0.29) is 17.6 Å². The number of phenols is 1. The van der Waals surface area contributed by atoms with E-state index in [4.69, 9.17) is 0 Å². The van der Waals surface area contributed by atoms with E-state index in [0.29, 0.717) is 24.7 Å². The Morgan fingerprint density at radius 2 is 1.68 bits per heavy atom. The number of rotatable bonds is 2. The Hall–Kier alpha value is -2.08. The van der Waals surface area contributed by atoms with Crippen molar-refractivity contribution in [1.82, 2.24) is 14.7 Å². The van der Waals surface area contributed by atoms with Crippen molar-refractivity contribution >= 4 is 11.8 Å². The number of nitrogens with zero attached hydrogens (tertiary/aromatic N) is 3. The van der Waals surface area contributed by atoms with Crippen molar-refractivity contribution in [3.05, 3.63) is 29.8 Å². The van der Waals surface area contributed by atoms with Crippen molar-refractivity contribution in [1.29, 1.82) is 0 Å². The van der Waals surface area contributed by atoms with Crippen molar-refractivity contribution in [2.45, 2.75) is 13.0 Å². The molecule has 2 aliphatic heterocycles. The highest BCUT2D eigenvalue weighted by Crippen LogP contribution is 2.23. The van der Waals surface area contributed by atoms with Gasteiger partial charge in [0.15, 0.2) is 0 Å². The van der Waals surface area contributed by atoms with Crippen LogP contribution in [0.15, 0.2) is 24.3 Å². The Morgan fingerprint density at radius 1 is 1.05 bits per heavy atom. The van der Waals surface area contributed by atoms with Gasteiger partial charge in [0.1, 0.15) is 5.75 Å². The number of piperazine rings is 1. The van der Waals surface area contributed by atoms with E-state index in [1.54, 1.807) is 30.0 Å². The summed E-state index contributed by atoms with van der Waals surface area (Å²) in [5.74, 6) is 0.0485. The zero-order chi connectivity index (χ0) is 15.7. The maximum absolute atomic E-state index is 12.3. The van der Waals surface area contributed by atoms with Gasteiger partial charge in [-0.25, -0.2) is 0 Å². The first-order chi connectivity index (χ1) is 10.6. The first kappa shape index (κ1) is 14.8. The van der Waals surface area contributed by atoms with E-state index in [0.717, 1.165) is 26.2 Å². The van der Waals surface area contributed by atoms with E-state index in [1.165, 1.54) is 6.07 Å². The summed E-state index contributed by atoms with van der Waals surface area (Å²) in [6.45, 7) is 6.23. The van der Waals surface area contributed by atoms with E-state index in [9.17, 15) is 14.7 Å². The van der Waals surface area contributed by atoms with Crippen LogP contribution in [-0.2, 0) is 4.79 Å². The van der Waals surface area contributed by atoms with E-state index in [2.05, 4.69) is 4.90 Å². The molecule has 2 heterocycles. The van der Waals surface area contributed by atoms with Crippen molar-refractivity contribution in [2.75, 3.05) is 39.3 Å². The van der Waals surface area contributed by atoms with Gasteiger partial charge >= 0.3 is 0 Å². The second-order valence-corrected chi connectivity index (χ2v) is 5.92. The van der Waals surface area contributed by atoms with Gasteiger partial charge in [-0.15, -0.1) is 0 Å². The number of hydrogen-bond acceptors (Lipinski definition) is 4. The SMILES string of the molecule is CC(=O)N1CCN(C2CN(C(=O)c3ccccc3O)C2)CC1. The van der Waals surface area contributed by atoms with Gasteiger partial charge in [-0.05, 0) is 12.1 Å². The van der Waals surface area contributed by atoms with Gasteiger partial charge in [0.2, 0.25) is 5.91 Å². The Morgan fingerprint density at radius 3 is 2.27 bits per heavy atom. The molecule has 0 saturated carbocycles. The maximum atomic E-state index is 12.3. The van der Waals surface area contributed by atoms with Crippen LogP contribution >= 0.6 is 0 Å². The van der Waals surface area contributed by atoms with Crippen LogP contribution in [0.5, 0.6) is 5.75 Å². The highest BCUT2D eigenvalue weighted by molar-refractivity contribution is 5.97. The molecule has 22 heavy (non-hydrogen) atoms. The first-order valence-electron chi connectivity index (χ1n) is 7.63. The molecule has 6 nitrogen and oxygen atoms in total. The molecule has 1 aromatic rings. The van der Waals surface area contributed by atoms with Crippen LogP contribution in [0.4, 0.5) is 0 Å². The Balaban J connectivity index is 1.51. The summed E-state index contributed by atoms with van der Waals surface area (Å²) < 4.78 is 0. The number of carbonyl (C=O) groups excluding carboxylic acids is 2. The lowest BCUT2D eigenvalue weighted by Gasteiger charge is -2.48. The summed E-state index contributed by atoms with van der Waals surface area (Å²) in [7, 11) is 0. The second kappa shape index (κ2) is 5.96. The summed E-state index contributed by atoms with van der Waals surface area (Å²) in [5.41, 5.74) is 0.363. The largest absolute Gasteiger partial charge is 0.507 e.